The second-order valence-electron chi connectivity index (χ2n) is 8.72. The molecular weight excluding hydrogens is 504 g/mol. The fraction of sp³-hybridized carbons (Fsp3) is 0.281. The molecule has 5 rings (SSSR count). The molecule has 0 bridgehead atoms. The van der Waals surface area contributed by atoms with Crippen molar-refractivity contribution in [2.24, 2.45) is 0 Å². The number of methoxy groups -OCH3 is 1. The van der Waals surface area contributed by atoms with Gasteiger partial charge in [-0.25, -0.2) is 4.79 Å². The minimum absolute atomic E-state index is 0.00987. The molecule has 3 aromatic carbocycles. The van der Waals surface area contributed by atoms with Gasteiger partial charge in [0.2, 0.25) is 5.91 Å². The molecule has 206 valence electrons. The van der Waals surface area contributed by atoms with E-state index in [9.17, 15) is 14.4 Å². The molecule has 0 spiro atoms. The minimum Gasteiger partial charge on any atom is -0.465 e. The number of fused-ring (bicyclic) bond motifs is 1. The Morgan fingerprint density at radius 2 is 1.75 bits per heavy atom. The van der Waals surface area contributed by atoms with Gasteiger partial charge in [0, 0.05) is 60.9 Å². The van der Waals surface area contributed by atoms with E-state index in [0.717, 1.165) is 14.1 Å². The zero-order valence-electron chi connectivity index (χ0n) is 36.7. The van der Waals surface area contributed by atoms with Gasteiger partial charge < -0.3 is 19.9 Å². The van der Waals surface area contributed by atoms with Crippen molar-refractivity contribution >= 4 is 40.3 Å². The SMILES string of the molecule is [2H]c1c([2H])c([2H])c(/C(Cc2ccc(N(C)C(=O)C([2H])([2H])N3C([2H])([2H])C([2H])([2H])N(C)C([2H])([2H])C3([2H])[2H])cc2)=C2/C(=O)Nc3cc(C(=O)OC)ccc32)c([2H])c1[2H]. The van der Waals surface area contributed by atoms with Crippen molar-refractivity contribution in [2.75, 3.05) is 63.9 Å². The summed E-state index contributed by atoms with van der Waals surface area (Å²) in [7, 11) is 3.07. The number of nitrogens with one attached hydrogen (secondary N) is 1. The van der Waals surface area contributed by atoms with Crippen LogP contribution in [-0.4, -0.2) is 81.3 Å². The first-order chi connectivity index (χ1) is 25.2. The van der Waals surface area contributed by atoms with Crippen LogP contribution in [0.15, 0.2) is 72.7 Å². The lowest BCUT2D eigenvalue weighted by atomic mass is 9.90. The Hall–Kier alpha value is -4.27. The number of piperazine rings is 1. The quantitative estimate of drug-likeness (QED) is 0.354. The number of esters is 1. The fourth-order valence-electron chi connectivity index (χ4n) is 4.11. The van der Waals surface area contributed by atoms with Crippen molar-refractivity contribution in [3.05, 3.63) is 94.9 Å². The normalized spacial score (nSPS) is 27.6. The summed E-state index contributed by atoms with van der Waals surface area (Å²) in [5, 5.41) is 2.64. The van der Waals surface area contributed by atoms with Gasteiger partial charge in [0.05, 0.1) is 34.3 Å². The number of hydrogen-bond donors (Lipinski definition) is 1. The highest BCUT2D eigenvalue weighted by molar-refractivity contribution is 6.37. The van der Waals surface area contributed by atoms with E-state index in [2.05, 4.69) is 5.32 Å². The summed E-state index contributed by atoms with van der Waals surface area (Å²) < 4.78 is 130. The topological polar surface area (TPSA) is 82.2 Å². The lowest BCUT2D eigenvalue weighted by Gasteiger charge is -2.32. The Labute approximate surface area is 255 Å². The molecule has 8 heteroatoms. The molecule has 8 nitrogen and oxygen atoms in total. The number of ether oxygens (including phenoxy) is 1. The Kier molecular flexibility index (Phi) is 4.26. The molecule has 1 saturated heterocycles. The van der Waals surface area contributed by atoms with Crippen LogP contribution in [0.2, 0.25) is 0 Å². The van der Waals surface area contributed by atoms with E-state index in [4.69, 9.17) is 25.3 Å². The average Bonchev–Trinajstić information content (AvgIpc) is 3.45. The lowest BCUT2D eigenvalue weighted by molar-refractivity contribution is -0.119. The molecule has 0 aliphatic carbocycles. The van der Waals surface area contributed by atoms with Crippen LogP contribution in [0.4, 0.5) is 11.4 Å². The lowest BCUT2D eigenvalue weighted by Crippen LogP contribution is -2.48. The molecular formula is C32H34N4O4. The number of carbonyl (C=O) groups excluding carboxylic acids is 3. The van der Waals surface area contributed by atoms with Gasteiger partial charge in [-0.1, -0.05) is 48.4 Å². The Morgan fingerprint density at radius 1 is 1.05 bits per heavy atom. The van der Waals surface area contributed by atoms with Crippen molar-refractivity contribution in [3.63, 3.8) is 0 Å². The number of allylic oxidation sites excluding steroid dienone is 1. The van der Waals surface area contributed by atoms with E-state index in [-0.39, 0.29) is 55.4 Å². The molecule has 0 unspecified atom stereocenters. The van der Waals surface area contributed by atoms with Crippen molar-refractivity contribution in [2.45, 2.75) is 6.42 Å². The molecule has 0 atom stereocenters. The Morgan fingerprint density at radius 3 is 2.42 bits per heavy atom. The van der Waals surface area contributed by atoms with Crippen LogP contribution < -0.4 is 10.2 Å². The van der Waals surface area contributed by atoms with E-state index < -0.39 is 80.5 Å². The molecule has 2 aliphatic rings. The van der Waals surface area contributed by atoms with Crippen LogP contribution in [0, 0.1) is 0 Å². The second kappa shape index (κ2) is 11.9. The van der Waals surface area contributed by atoms with Gasteiger partial charge in [-0.3, -0.25) is 14.5 Å². The molecule has 2 amide bonds. The predicted octanol–water partition coefficient (Wildman–Crippen LogP) is 3.79. The number of likely N-dealkylation sites (N-methyl/N-ethyl adjacent to an activating group) is 2. The van der Waals surface area contributed by atoms with Gasteiger partial charge in [-0.15, -0.1) is 0 Å². The molecule has 1 fully saturated rings. The maximum Gasteiger partial charge on any atom is 0.337 e. The van der Waals surface area contributed by atoms with Crippen molar-refractivity contribution in [1.29, 1.82) is 0 Å². The Bertz CT molecular complexity index is 2100. The molecule has 2 heterocycles. The molecule has 1 N–H and O–H groups in total. The highest BCUT2D eigenvalue weighted by atomic mass is 16.5. The number of amides is 2. The van der Waals surface area contributed by atoms with Crippen LogP contribution in [0.25, 0.3) is 11.1 Å². The van der Waals surface area contributed by atoms with Gasteiger partial charge in [0.15, 0.2) is 0 Å². The van der Waals surface area contributed by atoms with Crippen molar-refractivity contribution in [3.8, 4) is 0 Å². The molecule has 2 aliphatic heterocycles. The first-order valence-electron chi connectivity index (χ1n) is 19.5. The minimum atomic E-state index is -3.67. The maximum atomic E-state index is 13.7. The number of nitrogens with zero attached hydrogens (tertiary/aromatic N) is 3. The number of carbonyl (C=O) groups is 3. The maximum absolute atomic E-state index is 13.7. The number of benzene rings is 3. The molecule has 40 heavy (non-hydrogen) atoms. The van der Waals surface area contributed by atoms with Crippen LogP contribution in [-0.2, 0) is 20.7 Å². The third kappa shape index (κ3) is 5.83. The van der Waals surface area contributed by atoms with Gasteiger partial charge in [-0.05, 0) is 54.4 Å². The fourth-order valence-corrected chi connectivity index (χ4v) is 4.11. The summed E-state index contributed by atoms with van der Waals surface area (Å²) in [6, 6.07) is 6.50. The summed E-state index contributed by atoms with van der Waals surface area (Å²) in [5.41, 5.74) is 0.594. The first kappa shape index (κ1) is 14.4. The van der Waals surface area contributed by atoms with Crippen LogP contribution in [0.3, 0.4) is 0 Å². The van der Waals surface area contributed by atoms with E-state index in [1.54, 1.807) is 0 Å². The van der Waals surface area contributed by atoms with Crippen molar-refractivity contribution < 1.29 is 39.7 Å². The highest BCUT2D eigenvalue weighted by Gasteiger charge is 2.29. The largest absolute Gasteiger partial charge is 0.465 e. The predicted molar refractivity (Wildman–Crippen MR) is 157 cm³/mol. The van der Waals surface area contributed by atoms with Crippen LogP contribution >= 0.6 is 0 Å². The summed E-state index contributed by atoms with van der Waals surface area (Å²) in [6.45, 7) is -17.5. The first-order valence-corrected chi connectivity index (χ1v) is 12.0. The Balaban J connectivity index is 1.57. The van der Waals surface area contributed by atoms with E-state index in [1.165, 1.54) is 49.6 Å². The number of anilines is 2. The van der Waals surface area contributed by atoms with E-state index >= 15 is 0 Å². The highest BCUT2D eigenvalue weighted by Crippen LogP contribution is 2.39. The van der Waals surface area contributed by atoms with Crippen molar-refractivity contribution in [1.82, 2.24) is 9.80 Å². The van der Waals surface area contributed by atoms with Gasteiger partial charge in [-0.2, -0.15) is 0 Å². The summed E-state index contributed by atoms with van der Waals surface area (Å²) in [6.07, 6.45) is -0.237. The summed E-state index contributed by atoms with van der Waals surface area (Å²) >= 11 is 0. The summed E-state index contributed by atoms with van der Waals surface area (Å²) in [5.74, 6) is -2.95. The standard InChI is InChI=1S/C32H34N4O4/c1-34-15-17-36(18-16-34)21-29(37)35(2)25-12-9-22(10-13-25)19-27(23-7-5-4-6-8-23)30-26-14-11-24(32(39)40-3)20-28(26)33-31(30)38/h4-14,20H,15-19,21H2,1-3H3,(H,33,38)/b30-27+/i4D,5D,6D,7D,8D,15D2,16D2,17D2,18D2,21D2. The molecule has 0 saturated carbocycles. The monoisotopic (exact) mass is 553 g/mol. The van der Waals surface area contributed by atoms with Crippen LogP contribution in [0.1, 0.15) is 47.6 Å². The number of hydrogen-bond acceptors (Lipinski definition) is 6. The van der Waals surface area contributed by atoms with Gasteiger partial charge >= 0.3 is 5.97 Å². The zero-order valence-corrected chi connectivity index (χ0v) is 21.7. The summed E-state index contributed by atoms with van der Waals surface area (Å²) in [4.78, 5) is 39.9. The van der Waals surface area contributed by atoms with Gasteiger partial charge in [0.1, 0.15) is 0 Å². The zero-order chi connectivity index (χ0) is 41.5. The van der Waals surface area contributed by atoms with Gasteiger partial charge in [0.25, 0.3) is 5.91 Å². The molecule has 0 radical (unpaired) electrons. The third-order valence-electron chi connectivity index (χ3n) is 6.16. The number of rotatable bonds is 7. The second-order valence-corrected chi connectivity index (χ2v) is 8.72. The smallest absolute Gasteiger partial charge is 0.337 e. The van der Waals surface area contributed by atoms with Crippen LogP contribution in [0.5, 0.6) is 0 Å². The molecule has 3 aromatic rings. The molecule has 0 aromatic heterocycles. The average molecular weight is 554 g/mol. The van der Waals surface area contributed by atoms with E-state index in [0.29, 0.717) is 10.5 Å². The third-order valence-corrected chi connectivity index (χ3v) is 6.16. The van der Waals surface area contributed by atoms with E-state index in [1.807, 2.05) is 0 Å².